The lowest BCUT2D eigenvalue weighted by Crippen LogP contribution is -2.01. The van der Waals surface area contributed by atoms with E-state index in [1.165, 1.54) is 12.1 Å². The summed E-state index contributed by atoms with van der Waals surface area (Å²) in [6.45, 7) is 0. The summed E-state index contributed by atoms with van der Waals surface area (Å²) in [7, 11) is 0. The second-order valence-corrected chi connectivity index (χ2v) is 5.59. The first-order chi connectivity index (χ1) is 10.2. The number of benzene rings is 2. The molecule has 0 saturated carbocycles. The first-order valence-electron chi connectivity index (χ1n) is 6.21. The van der Waals surface area contributed by atoms with E-state index in [1.54, 1.807) is 6.07 Å². The monoisotopic (exact) mass is 365 g/mol. The van der Waals surface area contributed by atoms with Crippen LogP contribution >= 0.6 is 27.5 Å². The maximum atomic E-state index is 13.6. The molecule has 0 unspecified atom stereocenters. The first kappa shape index (κ1) is 14.2. The Morgan fingerprint density at radius 1 is 1.10 bits per heavy atom. The number of nitrogens with zero attached hydrogens (tertiary/aromatic N) is 3. The van der Waals surface area contributed by atoms with Gasteiger partial charge in [0, 0.05) is 15.7 Å². The summed E-state index contributed by atoms with van der Waals surface area (Å²) in [5.74, 6) is 1.04. The van der Waals surface area contributed by atoms with E-state index < -0.39 is 0 Å². The van der Waals surface area contributed by atoms with Crippen molar-refractivity contribution in [2.45, 2.75) is 5.88 Å². The number of halogens is 3. The van der Waals surface area contributed by atoms with E-state index in [2.05, 4.69) is 26.1 Å². The molecule has 3 nitrogen and oxygen atoms in total. The van der Waals surface area contributed by atoms with Crippen LogP contribution in [0.2, 0.25) is 0 Å². The van der Waals surface area contributed by atoms with Crippen molar-refractivity contribution < 1.29 is 4.39 Å². The molecule has 21 heavy (non-hydrogen) atoms. The van der Waals surface area contributed by atoms with Crippen molar-refractivity contribution in [3.8, 4) is 17.1 Å². The van der Waals surface area contributed by atoms with Gasteiger partial charge in [0.25, 0.3) is 0 Å². The van der Waals surface area contributed by atoms with Crippen LogP contribution in [-0.4, -0.2) is 14.8 Å². The lowest BCUT2D eigenvalue weighted by Gasteiger charge is -2.09. The zero-order valence-corrected chi connectivity index (χ0v) is 13.1. The quantitative estimate of drug-likeness (QED) is 0.636. The third-order valence-electron chi connectivity index (χ3n) is 2.98. The Labute approximate surface area is 134 Å². The molecule has 1 aromatic heterocycles. The molecule has 0 amide bonds. The number of alkyl halides is 1. The number of para-hydroxylation sites is 1. The molecular formula is C15H10BrClFN3. The Balaban J connectivity index is 2.22. The van der Waals surface area contributed by atoms with Crippen molar-refractivity contribution in [1.29, 1.82) is 0 Å². The Morgan fingerprint density at radius 2 is 1.86 bits per heavy atom. The number of hydrogen-bond donors (Lipinski definition) is 0. The highest BCUT2D eigenvalue weighted by atomic mass is 79.9. The second kappa shape index (κ2) is 5.95. The van der Waals surface area contributed by atoms with Gasteiger partial charge in [0.1, 0.15) is 5.82 Å². The van der Waals surface area contributed by atoms with Crippen LogP contribution in [0.3, 0.4) is 0 Å². The minimum absolute atomic E-state index is 0.221. The fourth-order valence-corrected chi connectivity index (χ4v) is 2.76. The van der Waals surface area contributed by atoms with Gasteiger partial charge < -0.3 is 0 Å². The Morgan fingerprint density at radius 3 is 2.52 bits per heavy atom. The summed E-state index contributed by atoms with van der Waals surface area (Å²) in [6.07, 6.45) is 0. The molecule has 6 heteroatoms. The van der Waals surface area contributed by atoms with E-state index in [0.717, 1.165) is 5.69 Å². The van der Waals surface area contributed by atoms with Crippen molar-refractivity contribution in [1.82, 2.24) is 14.8 Å². The molecule has 106 valence electrons. The van der Waals surface area contributed by atoms with Gasteiger partial charge in [-0.25, -0.2) is 4.39 Å². The third kappa shape index (κ3) is 2.84. The van der Waals surface area contributed by atoms with E-state index in [-0.39, 0.29) is 11.7 Å². The van der Waals surface area contributed by atoms with Crippen molar-refractivity contribution in [3.05, 3.63) is 64.6 Å². The van der Waals surface area contributed by atoms with Crippen LogP contribution in [0.5, 0.6) is 0 Å². The summed E-state index contributed by atoms with van der Waals surface area (Å²) in [6, 6.07) is 14.2. The SMILES string of the molecule is Fc1cc(Br)cc(-c2nnc(CCl)n2-c2ccccc2)c1. The number of hydrogen-bond acceptors (Lipinski definition) is 2. The van der Waals surface area contributed by atoms with Gasteiger partial charge in [-0.2, -0.15) is 0 Å². The second-order valence-electron chi connectivity index (χ2n) is 4.40. The molecule has 0 atom stereocenters. The van der Waals surface area contributed by atoms with Crippen LogP contribution in [0.25, 0.3) is 17.1 Å². The Kier molecular flexibility index (Phi) is 4.03. The van der Waals surface area contributed by atoms with Crippen LogP contribution in [0, 0.1) is 5.82 Å². The molecule has 0 saturated heterocycles. The van der Waals surface area contributed by atoms with Gasteiger partial charge in [-0.05, 0) is 30.3 Å². The predicted octanol–water partition coefficient (Wildman–Crippen LogP) is 4.57. The lowest BCUT2D eigenvalue weighted by molar-refractivity contribution is 0.627. The van der Waals surface area contributed by atoms with Crippen LogP contribution in [0.4, 0.5) is 4.39 Å². The molecule has 0 aliphatic rings. The van der Waals surface area contributed by atoms with Crippen molar-refractivity contribution in [2.75, 3.05) is 0 Å². The molecule has 0 fully saturated rings. The van der Waals surface area contributed by atoms with Crippen LogP contribution in [0.1, 0.15) is 5.82 Å². The average molecular weight is 367 g/mol. The standard InChI is InChI=1S/C15H10BrClFN3/c16-11-6-10(7-12(18)8-11)15-20-19-14(9-17)21(15)13-4-2-1-3-5-13/h1-8H,9H2. The largest absolute Gasteiger partial charge is 0.278 e. The highest BCUT2D eigenvalue weighted by molar-refractivity contribution is 9.10. The average Bonchev–Trinajstić information content (AvgIpc) is 2.91. The third-order valence-corrected chi connectivity index (χ3v) is 3.68. The van der Waals surface area contributed by atoms with Gasteiger partial charge in [-0.3, -0.25) is 4.57 Å². The van der Waals surface area contributed by atoms with Gasteiger partial charge in [0.05, 0.1) is 5.88 Å². The van der Waals surface area contributed by atoms with Crippen molar-refractivity contribution in [2.24, 2.45) is 0 Å². The summed E-state index contributed by atoms with van der Waals surface area (Å²) in [5.41, 5.74) is 1.52. The first-order valence-corrected chi connectivity index (χ1v) is 7.54. The van der Waals surface area contributed by atoms with Gasteiger partial charge in [0.2, 0.25) is 0 Å². The number of aromatic nitrogens is 3. The molecule has 2 aromatic carbocycles. The zero-order valence-electron chi connectivity index (χ0n) is 10.8. The molecular weight excluding hydrogens is 357 g/mol. The molecule has 3 rings (SSSR count). The lowest BCUT2D eigenvalue weighted by atomic mass is 10.2. The van der Waals surface area contributed by atoms with Gasteiger partial charge in [-0.15, -0.1) is 21.8 Å². The van der Waals surface area contributed by atoms with Gasteiger partial charge in [-0.1, -0.05) is 34.1 Å². The van der Waals surface area contributed by atoms with Crippen LogP contribution in [0.15, 0.2) is 53.0 Å². The normalized spacial score (nSPS) is 10.8. The molecule has 0 radical (unpaired) electrons. The minimum atomic E-state index is -0.339. The predicted molar refractivity (Wildman–Crippen MR) is 84.0 cm³/mol. The molecule has 3 aromatic rings. The summed E-state index contributed by atoms with van der Waals surface area (Å²) in [4.78, 5) is 0. The minimum Gasteiger partial charge on any atom is -0.278 e. The summed E-state index contributed by atoms with van der Waals surface area (Å²) in [5, 5.41) is 8.25. The van der Waals surface area contributed by atoms with Crippen LogP contribution < -0.4 is 0 Å². The maximum absolute atomic E-state index is 13.6. The van der Waals surface area contributed by atoms with E-state index >= 15 is 0 Å². The van der Waals surface area contributed by atoms with E-state index in [1.807, 2.05) is 34.9 Å². The smallest absolute Gasteiger partial charge is 0.168 e. The van der Waals surface area contributed by atoms with Gasteiger partial charge >= 0.3 is 0 Å². The highest BCUT2D eigenvalue weighted by Crippen LogP contribution is 2.27. The maximum Gasteiger partial charge on any atom is 0.168 e. The van der Waals surface area contributed by atoms with Crippen LogP contribution in [-0.2, 0) is 5.88 Å². The van der Waals surface area contributed by atoms with E-state index in [4.69, 9.17) is 11.6 Å². The molecule has 0 aliphatic heterocycles. The zero-order chi connectivity index (χ0) is 14.8. The molecule has 0 N–H and O–H groups in total. The summed E-state index contributed by atoms with van der Waals surface area (Å²) >= 11 is 9.23. The molecule has 1 heterocycles. The van der Waals surface area contributed by atoms with E-state index in [9.17, 15) is 4.39 Å². The summed E-state index contributed by atoms with van der Waals surface area (Å²) < 4.78 is 16.1. The molecule has 0 bridgehead atoms. The van der Waals surface area contributed by atoms with E-state index in [0.29, 0.717) is 21.7 Å². The number of rotatable bonds is 3. The van der Waals surface area contributed by atoms with Crippen molar-refractivity contribution in [3.63, 3.8) is 0 Å². The molecule has 0 spiro atoms. The Hall–Kier alpha value is -1.72. The highest BCUT2D eigenvalue weighted by Gasteiger charge is 2.15. The van der Waals surface area contributed by atoms with Crippen molar-refractivity contribution >= 4 is 27.5 Å². The Bertz CT molecular complexity index is 754. The van der Waals surface area contributed by atoms with Gasteiger partial charge in [0.15, 0.2) is 11.6 Å². The molecule has 0 aliphatic carbocycles. The topological polar surface area (TPSA) is 30.7 Å². The fourth-order valence-electron chi connectivity index (χ4n) is 2.12. The fraction of sp³-hybridized carbons (Fsp3) is 0.0667.